The Balaban J connectivity index is 1.09. The number of imidazole rings is 1. The van der Waals surface area contributed by atoms with Gasteiger partial charge in [0.1, 0.15) is 24.1 Å². The number of halogens is 2. The summed E-state index contributed by atoms with van der Waals surface area (Å²) in [5.74, 6) is 0.210. The molecule has 0 bridgehead atoms. The monoisotopic (exact) mass is 696 g/mol. The second-order valence-corrected chi connectivity index (χ2v) is 13.4. The zero-order valence-corrected chi connectivity index (χ0v) is 27.9. The Labute approximate surface area is 291 Å². The number of nitrogens with one attached hydrogen (secondary N) is 1. The van der Waals surface area contributed by atoms with Crippen LogP contribution in [0.5, 0.6) is 5.75 Å². The first kappa shape index (κ1) is 33.0. The van der Waals surface area contributed by atoms with Gasteiger partial charge < -0.3 is 19.7 Å². The molecule has 2 aliphatic heterocycles. The minimum absolute atomic E-state index is 0.0234. The molecule has 12 nitrogen and oxygen atoms in total. The van der Waals surface area contributed by atoms with Crippen molar-refractivity contribution in [2.45, 2.75) is 57.5 Å². The van der Waals surface area contributed by atoms with Crippen molar-refractivity contribution in [1.82, 2.24) is 39.0 Å². The number of fused-ring (bicyclic) bond motifs is 2. The van der Waals surface area contributed by atoms with Crippen LogP contribution in [0.1, 0.15) is 48.8 Å². The van der Waals surface area contributed by atoms with E-state index in [-0.39, 0.29) is 29.5 Å². The van der Waals surface area contributed by atoms with Crippen molar-refractivity contribution in [3.63, 3.8) is 0 Å². The Bertz CT molecular complexity index is 2230. The molecule has 8 rings (SSSR count). The first-order chi connectivity index (χ1) is 24.8. The van der Waals surface area contributed by atoms with Crippen molar-refractivity contribution in [1.29, 1.82) is 0 Å². The predicted octanol–water partition coefficient (Wildman–Crippen LogP) is 4.49. The summed E-state index contributed by atoms with van der Waals surface area (Å²) in [5.41, 5.74) is 2.60. The van der Waals surface area contributed by atoms with Crippen LogP contribution < -0.4 is 16.6 Å². The molecule has 3 aliphatic rings. The molecule has 0 amide bonds. The third-order valence-corrected chi connectivity index (χ3v) is 10.1. The molecule has 2 N–H and O–H groups in total. The molecule has 5 aromatic rings. The van der Waals surface area contributed by atoms with Gasteiger partial charge in [0.05, 0.1) is 36.2 Å². The summed E-state index contributed by atoms with van der Waals surface area (Å²) in [7, 11) is 0. The number of hydrogen-bond acceptors (Lipinski definition) is 9. The van der Waals surface area contributed by atoms with Gasteiger partial charge in [-0.15, -0.1) is 0 Å². The van der Waals surface area contributed by atoms with Crippen LogP contribution >= 0.6 is 0 Å². The molecule has 0 atom stereocenters. The fraction of sp³-hybridized carbons (Fsp3) is 0.351. The van der Waals surface area contributed by atoms with Crippen LogP contribution in [0.25, 0.3) is 33.9 Å². The first-order valence-corrected chi connectivity index (χ1v) is 17.3. The van der Waals surface area contributed by atoms with E-state index < -0.39 is 23.1 Å². The van der Waals surface area contributed by atoms with E-state index in [1.807, 2.05) is 30.5 Å². The number of ether oxygens (including phenoxy) is 1. The number of aromatic nitrogens is 5. The van der Waals surface area contributed by atoms with Crippen LogP contribution in [-0.2, 0) is 24.5 Å². The summed E-state index contributed by atoms with van der Waals surface area (Å²) in [4.78, 5) is 39.3. The van der Waals surface area contributed by atoms with Gasteiger partial charge in [0.15, 0.2) is 5.65 Å². The van der Waals surface area contributed by atoms with Crippen molar-refractivity contribution in [3.05, 3.63) is 111 Å². The van der Waals surface area contributed by atoms with Crippen molar-refractivity contribution in [3.8, 4) is 22.6 Å². The standard InChI is InChI=1S/C37H38F2N8O4/c38-25-18-31-35(41-19-25)46(29-4-1-3-24(17-29)30-5-2-6-33(48)32(30)22-43-13-15-51-16-14-43)37(50)47(36(31)49)28-9-7-26(8-10-28)40-20-27-21-44-23-45(39)12-11-34(44)42-27/h1-6,11-12,17-19,21,26,28,40,48H,7-10,13-16,20,22-23H2. The summed E-state index contributed by atoms with van der Waals surface area (Å²) in [5, 5.41) is 15.1. The van der Waals surface area contributed by atoms with Crippen molar-refractivity contribution < 1.29 is 18.7 Å². The number of phenols is 1. The van der Waals surface area contributed by atoms with Crippen molar-refractivity contribution in [2.24, 2.45) is 0 Å². The molecule has 1 saturated heterocycles. The molecule has 2 aromatic carbocycles. The number of pyridine rings is 1. The van der Waals surface area contributed by atoms with Crippen LogP contribution in [0.3, 0.4) is 0 Å². The highest BCUT2D eigenvalue weighted by atomic mass is 19.2. The Hall–Kier alpha value is -5.18. The first-order valence-electron chi connectivity index (χ1n) is 17.3. The third-order valence-electron chi connectivity index (χ3n) is 10.1. The van der Waals surface area contributed by atoms with Crippen LogP contribution in [0.4, 0.5) is 8.87 Å². The van der Waals surface area contributed by atoms with E-state index >= 15 is 0 Å². The molecule has 51 heavy (non-hydrogen) atoms. The molecule has 3 aromatic heterocycles. The van der Waals surface area contributed by atoms with E-state index in [1.165, 1.54) is 15.3 Å². The summed E-state index contributed by atoms with van der Waals surface area (Å²) < 4.78 is 38.1. The van der Waals surface area contributed by atoms with Crippen LogP contribution in [-0.4, -0.2) is 71.1 Å². The lowest BCUT2D eigenvalue weighted by Gasteiger charge is -2.30. The largest absolute Gasteiger partial charge is 0.508 e. The number of benzene rings is 2. The minimum atomic E-state index is -0.666. The van der Waals surface area contributed by atoms with Gasteiger partial charge in [-0.2, -0.15) is 5.12 Å². The lowest BCUT2D eigenvalue weighted by atomic mass is 9.91. The molecule has 1 aliphatic carbocycles. The average Bonchev–Trinajstić information content (AvgIpc) is 3.55. The van der Waals surface area contributed by atoms with Crippen LogP contribution in [0.2, 0.25) is 0 Å². The normalized spacial score (nSPS) is 19.5. The smallest absolute Gasteiger partial charge is 0.337 e. The van der Waals surface area contributed by atoms with Gasteiger partial charge in [0, 0.05) is 56.2 Å². The van der Waals surface area contributed by atoms with Crippen LogP contribution in [0, 0.1) is 5.82 Å². The molecule has 1 saturated carbocycles. The molecule has 2 fully saturated rings. The van der Waals surface area contributed by atoms with Gasteiger partial charge in [-0.25, -0.2) is 23.7 Å². The highest BCUT2D eigenvalue weighted by molar-refractivity contribution is 5.77. The van der Waals surface area contributed by atoms with E-state index in [9.17, 15) is 23.6 Å². The SMILES string of the molecule is O=c1c2cc(F)cnc2n(-c2cccc(-c3cccc(O)c3CN3CCOCC3)c2)c(=O)n1C1CCC(NCc2cn3c(n2)C=CN(F)C3)CC1. The molecule has 264 valence electrons. The molecular formula is C37H38F2N8O4. The highest BCUT2D eigenvalue weighted by Gasteiger charge is 2.28. The number of nitrogens with zero attached hydrogens (tertiary/aromatic N) is 7. The van der Waals surface area contributed by atoms with Gasteiger partial charge in [-0.05, 0) is 67.2 Å². The number of rotatable bonds is 8. The third kappa shape index (κ3) is 6.57. The van der Waals surface area contributed by atoms with Gasteiger partial charge in [0.25, 0.3) is 5.56 Å². The predicted molar refractivity (Wildman–Crippen MR) is 187 cm³/mol. The second kappa shape index (κ2) is 13.9. The fourth-order valence-corrected chi connectivity index (χ4v) is 7.49. The van der Waals surface area contributed by atoms with Gasteiger partial charge in [0.2, 0.25) is 0 Å². The lowest BCUT2D eigenvalue weighted by molar-refractivity contribution is 0.0339. The summed E-state index contributed by atoms with van der Waals surface area (Å²) in [6.45, 7) is 3.89. The minimum Gasteiger partial charge on any atom is -0.508 e. The summed E-state index contributed by atoms with van der Waals surface area (Å²) in [6, 6.07) is 13.6. The Morgan fingerprint density at radius 2 is 1.82 bits per heavy atom. The number of aromatic hydroxyl groups is 1. The van der Waals surface area contributed by atoms with Crippen LogP contribution in [0.15, 0.2) is 76.7 Å². The molecule has 0 spiro atoms. The second-order valence-electron chi connectivity index (χ2n) is 13.4. The number of morpholine rings is 1. The zero-order chi connectivity index (χ0) is 35.1. The Morgan fingerprint density at radius 1 is 1.02 bits per heavy atom. The van der Waals surface area contributed by atoms with Gasteiger partial charge in [-0.3, -0.25) is 14.3 Å². The summed E-state index contributed by atoms with van der Waals surface area (Å²) >= 11 is 0. The average molecular weight is 697 g/mol. The maximum Gasteiger partial charge on any atom is 0.337 e. The number of phenolic OH excluding ortho intramolecular Hbond substituents is 1. The lowest BCUT2D eigenvalue weighted by Crippen LogP contribution is -2.44. The zero-order valence-electron chi connectivity index (χ0n) is 27.9. The maximum absolute atomic E-state index is 14.6. The van der Waals surface area contributed by atoms with E-state index in [0.717, 1.165) is 47.7 Å². The van der Waals surface area contributed by atoms with E-state index in [0.29, 0.717) is 68.6 Å². The van der Waals surface area contributed by atoms with Crippen molar-refractivity contribution >= 4 is 17.1 Å². The fourth-order valence-electron chi connectivity index (χ4n) is 7.49. The van der Waals surface area contributed by atoms with Crippen molar-refractivity contribution in [2.75, 3.05) is 26.3 Å². The molecule has 14 heteroatoms. The molecular weight excluding hydrogens is 658 g/mol. The Kier molecular flexibility index (Phi) is 8.96. The number of hydrogen-bond donors (Lipinski definition) is 2. The van der Waals surface area contributed by atoms with Gasteiger partial charge in [-0.1, -0.05) is 28.7 Å². The van der Waals surface area contributed by atoms with E-state index in [2.05, 4.69) is 20.2 Å². The van der Waals surface area contributed by atoms with E-state index in [1.54, 1.807) is 28.8 Å². The molecule has 0 unspecified atom stereocenters. The van der Waals surface area contributed by atoms with Gasteiger partial charge >= 0.3 is 5.69 Å². The summed E-state index contributed by atoms with van der Waals surface area (Å²) in [6.07, 6.45) is 8.36. The molecule has 0 radical (unpaired) electrons. The quantitative estimate of drug-likeness (QED) is 0.226. The highest BCUT2D eigenvalue weighted by Crippen LogP contribution is 2.33. The topological polar surface area (TPSA) is 123 Å². The Morgan fingerprint density at radius 3 is 2.65 bits per heavy atom. The molecule has 5 heterocycles. The van der Waals surface area contributed by atoms with E-state index in [4.69, 9.17) is 4.74 Å². The maximum atomic E-state index is 14.6.